The summed E-state index contributed by atoms with van der Waals surface area (Å²) < 4.78 is 42.2. The van der Waals surface area contributed by atoms with E-state index in [1.165, 1.54) is 18.2 Å². The normalized spacial score (nSPS) is 23.7. The fraction of sp³-hybridized carbons (Fsp3) is 0.400. The first kappa shape index (κ1) is 25.7. The topological polar surface area (TPSA) is 20.2 Å². The first-order chi connectivity index (χ1) is 12.9. The first-order valence-corrected chi connectivity index (χ1v) is 13.6. The Hall–Kier alpha value is -0.320. The van der Waals surface area contributed by atoms with Crippen molar-refractivity contribution < 1.29 is 18.3 Å². The molecule has 2 unspecified atom stereocenters. The third-order valence-electron chi connectivity index (χ3n) is 4.26. The Kier molecular flexibility index (Phi) is 10.3. The summed E-state index contributed by atoms with van der Waals surface area (Å²) >= 11 is 16.2. The molecule has 0 aliphatic carbocycles. The summed E-state index contributed by atoms with van der Waals surface area (Å²) in [5, 5.41) is 9.22. The number of allylic oxidation sites excluding steroid dienone is 10. The fourth-order valence-electron chi connectivity index (χ4n) is 3.01. The zero-order valence-electron chi connectivity index (χ0n) is 15.9. The van der Waals surface area contributed by atoms with E-state index >= 15 is 0 Å². The molecule has 8 heteroatoms. The monoisotopic (exact) mass is 518 g/mol. The van der Waals surface area contributed by atoms with Crippen LogP contribution in [-0.4, -0.2) is 30.2 Å². The van der Waals surface area contributed by atoms with Gasteiger partial charge >= 0.3 is 184 Å². The molecule has 1 aliphatic rings. The second-order valence-electron chi connectivity index (χ2n) is 6.67. The molecule has 0 spiro atoms. The molecule has 0 bridgehead atoms. The molecule has 0 amide bonds. The third-order valence-corrected chi connectivity index (χ3v) is 9.15. The zero-order chi connectivity index (χ0) is 21.5. The van der Waals surface area contributed by atoms with E-state index in [2.05, 4.69) is 15.9 Å². The molecule has 1 N–H and O–H groups in total. The van der Waals surface area contributed by atoms with Crippen LogP contribution >= 0.6 is 45.4 Å². The van der Waals surface area contributed by atoms with Gasteiger partial charge in [-0.05, 0) is 0 Å². The predicted molar refractivity (Wildman–Crippen MR) is 122 cm³/mol. The molecule has 0 aromatic heterocycles. The van der Waals surface area contributed by atoms with Gasteiger partial charge in [0.05, 0.1) is 0 Å². The van der Waals surface area contributed by atoms with Crippen LogP contribution in [0.3, 0.4) is 0 Å². The van der Waals surface area contributed by atoms with E-state index in [1.807, 2.05) is 13.6 Å². The summed E-state index contributed by atoms with van der Waals surface area (Å²) in [5.74, 6) is -0.212. The van der Waals surface area contributed by atoms with Crippen molar-refractivity contribution in [1.82, 2.24) is 0 Å². The van der Waals surface area contributed by atoms with Gasteiger partial charge in [0.25, 0.3) is 0 Å². The van der Waals surface area contributed by atoms with Crippen LogP contribution < -0.4 is 0 Å². The van der Waals surface area contributed by atoms with Gasteiger partial charge in [-0.1, -0.05) is 0 Å². The number of aliphatic hydroxyl groups excluding tert-OH is 1. The van der Waals surface area contributed by atoms with Gasteiger partial charge in [0, 0.05) is 0 Å². The molecule has 28 heavy (non-hydrogen) atoms. The molecule has 158 valence electrons. The van der Waals surface area contributed by atoms with Gasteiger partial charge in [0.2, 0.25) is 0 Å². The number of aliphatic hydroxyl groups is 1. The Labute approximate surface area is 183 Å². The van der Waals surface area contributed by atoms with Crippen molar-refractivity contribution in [2.24, 2.45) is 5.92 Å². The quantitative estimate of drug-likeness (QED) is 0.268. The minimum atomic E-state index is -4.48. The molecule has 0 saturated carbocycles. The maximum atomic E-state index is 13.8. The summed E-state index contributed by atoms with van der Waals surface area (Å²) in [6, 6.07) is 0. The van der Waals surface area contributed by atoms with E-state index in [0.29, 0.717) is 17.0 Å². The number of halogens is 6. The van der Waals surface area contributed by atoms with Crippen LogP contribution in [0, 0.1) is 5.92 Å². The molecular weight excluding hydrogens is 495 g/mol. The number of rotatable bonds is 7. The Morgan fingerprint density at radius 2 is 2.07 bits per heavy atom. The SMILES string of the molecule is CCC1C(Cl)=CC(C(/C=C/C(=C/C=C/CO)/C=C(\C)Br)C(F)(F)F)=C[PH]1(C)Cl. The summed E-state index contributed by atoms with van der Waals surface area (Å²) in [5.41, 5.74) is 0.556. The van der Waals surface area contributed by atoms with Gasteiger partial charge in [-0.15, -0.1) is 0 Å². The van der Waals surface area contributed by atoms with E-state index in [-0.39, 0.29) is 17.8 Å². The maximum absolute atomic E-state index is 13.8. The van der Waals surface area contributed by atoms with Crippen LogP contribution in [0.1, 0.15) is 20.3 Å². The second kappa shape index (κ2) is 11.2. The Morgan fingerprint density at radius 1 is 1.43 bits per heavy atom. The van der Waals surface area contributed by atoms with Crippen molar-refractivity contribution in [3.05, 3.63) is 69.0 Å². The van der Waals surface area contributed by atoms with Crippen molar-refractivity contribution in [3.8, 4) is 0 Å². The fourth-order valence-corrected chi connectivity index (χ4v) is 8.13. The van der Waals surface area contributed by atoms with Gasteiger partial charge in [-0.25, -0.2) is 0 Å². The van der Waals surface area contributed by atoms with Gasteiger partial charge in [0.1, 0.15) is 0 Å². The van der Waals surface area contributed by atoms with Gasteiger partial charge in [-0.3, -0.25) is 0 Å². The van der Waals surface area contributed by atoms with Crippen LogP contribution in [0.25, 0.3) is 0 Å². The van der Waals surface area contributed by atoms with Gasteiger partial charge < -0.3 is 0 Å². The molecule has 0 radical (unpaired) electrons. The van der Waals surface area contributed by atoms with Crippen molar-refractivity contribution in [1.29, 1.82) is 0 Å². The molecule has 2 atom stereocenters. The van der Waals surface area contributed by atoms with Crippen LogP contribution in [0.2, 0.25) is 0 Å². The van der Waals surface area contributed by atoms with Crippen molar-refractivity contribution in [2.45, 2.75) is 32.1 Å². The Balaban J connectivity index is 3.35. The molecule has 1 heterocycles. The zero-order valence-corrected chi connectivity index (χ0v) is 20.0. The predicted octanol–water partition coefficient (Wildman–Crippen LogP) is 7.83. The number of alkyl halides is 3. The average molecular weight is 520 g/mol. The van der Waals surface area contributed by atoms with E-state index in [4.69, 9.17) is 27.9 Å². The van der Waals surface area contributed by atoms with Crippen LogP contribution in [0.15, 0.2) is 69.0 Å². The Bertz CT molecular complexity index is 730. The summed E-state index contributed by atoms with van der Waals surface area (Å²) in [7, 11) is 0. The Morgan fingerprint density at radius 3 is 2.54 bits per heavy atom. The van der Waals surface area contributed by atoms with Crippen molar-refractivity contribution >= 4 is 45.4 Å². The van der Waals surface area contributed by atoms with E-state index in [9.17, 15) is 13.2 Å². The summed E-state index contributed by atoms with van der Waals surface area (Å²) in [6.45, 7) is 2.78. The van der Waals surface area contributed by atoms with Crippen molar-refractivity contribution in [2.75, 3.05) is 13.3 Å². The molecule has 0 aromatic rings. The van der Waals surface area contributed by atoms with E-state index in [1.54, 1.807) is 31.0 Å². The number of hydrogen-bond acceptors (Lipinski definition) is 1. The van der Waals surface area contributed by atoms with Gasteiger partial charge in [0.15, 0.2) is 0 Å². The molecule has 1 rings (SSSR count). The van der Waals surface area contributed by atoms with Crippen molar-refractivity contribution in [3.63, 3.8) is 0 Å². The molecule has 0 saturated heterocycles. The number of hydrogen-bond donors (Lipinski definition) is 1. The molecule has 0 fully saturated rings. The van der Waals surface area contributed by atoms with Crippen LogP contribution in [-0.2, 0) is 0 Å². The first-order valence-electron chi connectivity index (χ1n) is 8.77. The van der Waals surface area contributed by atoms with E-state index < -0.39 is 18.7 Å². The van der Waals surface area contributed by atoms with E-state index in [0.717, 1.165) is 10.6 Å². The summed E-state index contributed by atoms with van der Waals surface area (Å²) in [6.07, 6.45) is 6.54. The molecule has 0 aromatic carbocycles. The second-order valence-corrected chi connectivity index (χ2v) is 14.1. The van der Waals surface area contributed by atoms with Crippen LogP contribution in [0.4, 0.5) is 13.2 Å². The molecular formula is C20H25BrCl2F3OP. The minimum absolute atomic E-state index is 0.0875. The third kappa shape index (κ3) is 7.84. The molecule has 1 nitrogen and oxygen atoms in total. The standard InChI is InChI=1S/C20H25BrCl2F3OP/c1-4-19-18(22)12-16(13-28(19,3)23)17(20(24,25)26)9-8-15(11-14(2)21)7-5-6-10-27/h5-9,11-13,17,19,27-28H,4,10H2,1-3H3/b6-5+,9-8+,14-11+,15-7-. The summed E-state index contributed by atoms with van der Waals surface area (Å²) in [4.78, 5) is 0. The average Bonchev–Trinajstić information content (AvgIpc) is 2.52. The van der Waals surface area contributed by atoms with Crippen LogP contribution in [0.5, 0.6) is 0 Å². The molecule has 1 aliphatic heterocycles. The van der Waals surface area contributed by atoms with Gasteiger partial charge in [-0.2, -0.15) is 0 Å².